The van der Waals surface area contributed by atoms with Gasteiger partial charge in [0.2, 0.25) is 0 Å². The Morgan fingerprint density at radius 3 is 2.73 bits per heavy atom. The molecular weight excluding hydrogens is 190 g/mol. The first-order valence-electron chi connectivity index (χ1n) is 5.86. The Morgan fingerprint density at radius 2 is 2.20 bits per heavy atom. The Labute approximate surface area is 92.6 Å². The molecule has 0 aromatic rings. The van der Waals surface area contributed by atoms with Gasteiger partial charge in [-0.05, 0) is 31.2 Å². The molecule has 0 radical (unpaired) electrons. The highest BCUT2D eigenvalue weighted by molar-refractivity contribution is 5.72. The minimum absolute atomic E-state index is 0.0218. The van der Waals surface area contributed by atoms with Crippen molar-refractivity contribution in [3.8, 4) is 0 Å². The van der Waals surface area contributed by atoms with Crippen molar-refractivity contribution >= 4 is 5.97 Å². The predicted octanol–water partition coefficient (Wildman–Crippen LogP) is 1.97. The molecule has 0 aliphatic carbocycles. The van der Waals surface area contributed by atoms with E-state index in [0.717, 1.165) is 32.4 Å². The van der Waals surface area contributed by atoms with Crippen molar-refractivity contribution in [2.45, 2.75) is 40.0 Å². The second-order valence-electron chi connectivity index (χ2n) is 5.52. The molecule has 15 heavy (non-hydrogen) atoms. The van der Waals surface area contributed by atoms with E-state index in [9.17, 15) is 4.79 Å². The standard InChI is InChI=1S/C12H23NO2/c1-12(2,3)6-8-15-11(14)10-5-4-7-13-9-10/h10,13H,4-9H2,1-3H3/t10-/m0/s1. The molecule has 0 saturated carbocycles. The summed E-state index contributed by atoms with van der Waals surface area (Å²) in [5.41, 5.74) is 0.241. The van der Waals surface area contributed by atoms with Crippen LogP contribution < -0.4 is 5.32 Å². The Hall–Kier alpha value is -0.570. The van der Waals surface area contributed by atoms with Gasteiger partial charge in [-0.1, -0.05) is 20.8 Å². The summed E-state index contributed by atoms with van der Waals surface area (Å²) in [7, 11) is 0. The zero-order chi connectivity index (χ0) is 11.3. The van der Waals surface area contributed by atoms with E-state index in [1.165, 1.54) is 0 Å². The summed E-state index contributed by atoms with van der Waals surface area (Å²) in [6.45, 7) is 8.84. The van der Waals surface area contributed by atoms with Crippen LogP contribution >= 0.6 is 0 Å². The molecule has 1 aliphatic heterocycles. The summed E-state index contributed by atoms with van der Waals surface area (Å²) in [6.07, 6.45) is 2.99. The van der Waals surface area contributed by atoms with Crippen molar-refractivity contribution in [2.75, 3.05) is 19.7 Å². The molecule has 1 heterocycles. The maximum atomic E-state index is 11.6. The molecule has 1 atom stereocenters. The number of esters is 1. The summed E-state index contributed by atoms with van der Waals surface area (Å²) in [5, 5.41) is 3.22. The van der Waals surface area contributed by atoms with Gasteiger partial charge in [-0.3, -0.25) is 4.79 Å². The van der Waals surface area contributed by atoms with E-state index in [0.29, 0.717) is 6.61 Å². The maximum Gasteiger partial charge on any atom is 0.310 e. The monoisotopic (exact) mass is 213 g/mol. The first-order chi connectivity index (χ1) is 6.99. The van der Waals surface area contributed by atoms with Crippen molar-refractivity contribution in [1.82, 2.24) is 5.32 Å². The topological polar surface area (TPSA) is 38.3 Å². The van der Waals surface area contributed by atoms with Crippen molar-refractivity contribution in [2.24, 2.45) is 11.3 Å². The predicted molar refractivity (Wildman–Crippen MR) is 60.6 cm³/mol. The lowest BCUT2D eigenvalue weighted by molar-refractivity contribution is -0.149. The molecule has 3 nitrogen and oxygen atoms in total. The van der Waals surface area contributed by atoms with Crippen molar-refractivity contribution in [3.63, 3.8) is 0 Å². The quantitative estimate of drug-likeness (QED) is 0.728. The molecule has 0 spiro atoms. The van der Waals surface area contributed by atoms with Gasteiger partial charge in [0.1, 0.15) is 0 Å². The zero-order valence-corrected chi connectivity index (χ0v) is 10.1. The van der Waals surface area contributed by atoms with Gasteiger partial charge in [-0.2, -0.15) is 0 Å². The van der Waals surface area contributed by atoms with Crippen molar-refractivity contribution < 1.29 is 9.53 Å². The lowest BCUT2D eigenvalue weighted by Crippen LogP contribution is -2.35. The number of nitrogens with one attached hydrogen (secondary N) is 1. The van der Waals surface area contributed by atoms with Crippen LogP contribution in [-0.4, -0.2) is 25.7 Å². The van der Waals surface area contributed by atoms with E-state index >= 15 is 0 Å². The Kier molecular flexibility index (Phi) is 4.58. The van der Waals surface area contributed by atoms with Crippen molar-refractivity contribution in [3.05, 3.63) is 0 Å². The van der Waals surface area contributed by atoms with Gasteiger partial charge in [0.15, 0.2) is 0 Å². The number of piperidine rings is 1. The van der Waals surface area contributed by atoms with Gasteiger partial charge in [0.05, 0.1) is 12.5 Å². The summed E-state index contributed by atoms with van der Waals surface area (Å²) < 4.78 is 5.28. The molecule has 0 aromatic carbocycles. The molecule has 1 aliphatic rings. The molecule has 1 saturated heterocycles. The number of carbonyl (C=O) groups excluding carboxylic acids is 1. The van der Waals surface area contributed by atoms with Crippen LogP contribution in [0.5, 0.6) is 0 Å². The molecule has 0 bridgehead atoms. The van der Waals surface area contributed by atoms with Gasteiger partial charge < -0.3 is 10.1 Å². The SMILES string of the molecule is CC(C)(C)CCOC(=O)[C@H]1CCCNC1. The van der Waals surface area contributed by atoms with E-state index in [2.05, 4.69) is 26.1 Å². The Morgan fingerprint density at radius 1 is 1.47 bits per heavy atom. The van der Waals surface area contributed by atoms with Crippen LogP contribution in [0.25, 0.3) is 0 Å². The fourth-order valence-corrected chi connectivity index (χ4v) is 1.63. The Balaban J connectivity index is 2.17. The zero-order valence-electron chi connectivity index (χ0n) is 10.1. The van der Waals surface area contributed by atoms with Crippen LogP contribution in [0.3, 0.4) is 0 Å². The first kappa shape index (κ1) is 12.5. The minimum Gasteiger partial charge on any atom is -0.465 e. The second kappa shape index (κ2) is 5.50. The van der Waals surface area contributed by atoms with Crippen LogP contribution in [0.4, 0.5) is 0 Å². The normalized spacial score (nSPS) is 22.5. The highest BCUT2D eigenvalue weighted by Gasteiger charge is 2.22. The summed E-state index contributed by atoms with van der Waals surface area (Å²) in [4.78, 5) is 11.6. The molecule has 88 valence electrons. The van der Waals surface area contributed by atoms with Gasteiger partial charge in [-0.15, -0.1) is 0 Å². The van der Waals surface area contributed by atoms with Gasteiger partial charge in [0.25, 0.3) is 0 Å². The Bertz CT molecular complexity index is 202. The number of ether oxygens (including phenoxy) is 1. The van der Waals surface area contributed by atoms with E-state index in [1.54, 1.807) is 0 Å². The fourth-order valence-electron chi connectivity index (χ4n) is 1.63. The summed E-state index contributed by atoms with van der Waals surface area (Å²) in [6, 6.07) is 0. The highest BCUT2D eigenvalue weighted by atomic mass is 16.5. The molecule has 1 rings (SSSR count). The minimum atomic E-state index is -0.0218. The fraction of sp³-hybridized carbons (Fsp3) is 0.917. The molecule has 1 fully saturated rings. The van der Waals surface area contributed by atoms with E-state index < -0.39 is 0 Å². The van der Waals surface area contributed by atoms with Gasteiger partial charge >= 0.3 is 5.97 Å². The van der Waals surface area contributed by atoms with E-state index in [-0.39, 0.29) is 17.3 Å². The van der Waals surface area contributed by atoms with Crippen LogP contribution in [0, 0.1) is 11.3 Å². The summed E-state index contributed by atoms with van der Waals surface area (Å²) in [5.74, 6) is 0.0603. The highest BCUT2D eigenvalue weighted by Crippen LogP contribution is 2.19. The molecule has 0 unspecified atom stereocenters. The van der Waals surface area contributed by atoms with Gasteiger partial charge in [-0.25, -0.2) is 0 Å². The van der Waals surface area contributed by atoms with Crippen LogP contribution in [0.2, 0.25) is 0 Å². The van der Waals surface area contributed by atoms with Crippen LogP contribution in [0.15, 0.2) is 0 Å². The lowest BCUT2D eigenvalue weighted by Gasteiger charge is -2.22. The molecule has 0 aromatic heterocycles. The number of rotatable bonds is 3. The number of hydrogen-bond acceptors (Lipinski definition) is 3. The van der Waals surface area contributed by atoms with E-state index in [4.69, 9.17) is 4.74 Å². The van der Waals surface area contributed by atoms with Crippen molar-refractivity contribution in [1.29, 1.82) is 0 Å². The van der Waals surface area contributed by atoms with Gasteiger partial charge in [0, 0.05) is 6.54 Å². The molecule has 3 heteroatoms. The number of hydrogen-bond donors (Lipinski definition) is 1. The van der Waals surface area contributed by atoms with Crippen LogP contribution in [0.1, 0.15) is 40.0 Å². The third-order valence-corrected chi connectivity index (χ3v) is 2.73. The molecule has 0 amide bonds. The van der Waals surface area contributed by atoms with E-state index in [1.807, 2.05) is 0 Å². The molecule has 1 N–H and O–H groups in total. The molecular formula is C12H23NO2. The summed E-state index contributed by atoms with van der Waals surface area (Å²) >= 11 is 0. The average Bonchev–Trinajstić information content (AvgIpc) is 2.17. The average molecular weight is 213 g/mol. The largest absolute Gasteiger partial charge is 0.465 e. The third-order valence-electron chi connectivity index (χ3n) is 2.73. The third kappa shape index (κ3) is 5.17. The lowest BCUT2D eigenvalue weighted by atomic mass is 9.93. The smallest absolute Gasteiger partial charge is 0.310 e. The number of carbonyl (C=O) groups is 1. The first-order valence-corrected chi connectivity index (χ1v) is 5.86. The maximum absolute atomic E-state index is 11.6. The second-order valence-corrected chi connectivity index (χ2v) is 5.52. The van der Waals surface area contributed by atoms with Crippen LogP contribution in [-0.2, 0) is 9.53 Å².